The molecule has 1 amide bonds. The van der Waals surface area contributed by atoms with E-state index in [-0.39, 0.29) is 17.6 Å². The summed E-state index contributed by atoms with van der Waals surface area (Å²) in [7, 11) is 0. The minimum Gasteiger partial charge on any atom is -0.336 e. The van der Waals surface area contributed by atoms with E-state index in [1.54, 1.807) is 12.1 Å². The van der Waals surface area contributed by atoms with E-state index in [1.165, 1.54) is 12.1 Å². The van der Waals surface area contributed by atoms with Crippen molar-refractivity contribution in [3.63, 3.8) is 0 Å². The van der Waals surface area contributed by atoms with Gasteiger partial charge in [-0.05, 0) is 57.2 Å². The average molecular weight is 347 g/mol. The molecule has 1 N–H and O–H groups in total. The maximum Gasteiger partial charge on any atom is 0.269 e. The van der Waals surface area contributed by atoms with Crippen LogP contribution in [-0.2, 0) is 11.3 Å². The van der Waals surface area contributed by atoms with Gasteiger partial charge in [0.05, 0.1) is 4.92 Å². The summed E-state index contributed by atoms with van der Waals surface area (Å²) in [6.07, 6.45) is 2.84. The summed E-state index contributed by atoms with van der Waals surface area (Å²) in [6.45, 7) is 8.78. The highest BCUT2D eigenvalue weighted by Gasteiger charge is 2.25. The smallest absolute Gasteiger partial charge is 0.269 e. The van der Waals surface area contributed by atoms with Gasteiger partial charge in [-0.15, -0.1) is 0 Å². The van der Waals surface area contributed by atoms with Crippen molar-refractivity contribution in [2.24, 2.45) is 11.8 Å². The standard InChI is InChI=1S/C19H29N3O3/c1-14(2)21(13-16-4-6-18(7-5-16)22(24)25)19(23)12-15(3)17-8-10-20-11-9-17/h4-7,14-15,17,20H,8-13H2,1-3H3. The number of nitrogens with zero attached hydrogens (tertiary/aromatic N) is 2. The molecule has 0 aliphatic carbocycles. The van der Waals surface area contributed by atoms with E-state index in [2.05, 4.69) is 12.2 Å². The Balaban J connectivity index is 1.98. The van der Waals surface area contributed by atoms with E-state index in [0.29, 0.717) is 24.8 Å². The number of hydrogen-bond acceptors (Lipinski definition) is 4. The molecule has 25 heavy (non-hydrogen) atoms. The molecule has 1 aromatic rings. The van der Waals surface area contributed by atoms with Crippen molar-refractivity contribution in [3.05, 3.63) is 39.9 Å². The van der Waals surface area contributed by atoms with Crippen molar-refractivity contribution in [1.29, 1.82) is 0 Å². The van der Waals surface area contributed by atoms with Gasteiger partial charge in [0.15, 0.2) is 0 Å². The number of nitrogens with one attached hydrogen (secondary N) is 1. The van der Waals surface area contributed by atoms with Gasteiger partial charge in [0.2, 0.25) is 5.91 Å². The molecule has 1 fully saturated rings. The summed E-state index contributed by atoms with van der Waals surface area (Å²) in [6, 6.07) is 6.56. The van der Waals surface area contributed by atoms with Gasteiger partial charge in [0.1, 0.15) is 0 Å². The second-order valence-electron chi connectivity index (χ2n) is 7.31. The Hall–Kier alpha value is -1.95. The fourth-order valence-corrected chi connectivity index (χ4v) is 3.45. The quantitative estimate of drug-likeness (QED) is 0.606. The Kier molecular flexibility index (Phi) is 6.93. The van der Waals surface area contributed by atoms with Crippen LogP contribution in [0.5, 0.6) is 0 Å². The summed E-state index contributed by atoms with van der Waals surface area (Å²) in [5.41, 5.74) is 0.993. The molecule has 0 saturated carbocycles. The Morgan fingerprint density at radius 2 is 1.84 bits per heavy atom. The first-order valence-electron chi connectivity index (χ1n) is 9.12. The number of benzene rings is 1. The second kappa shape index (κ2) is 8.94. The zero-order valence-corrected chi connectivity index (χ0v) is 15.4. The zero-order chi connectivity index (χ0) is 18.4. The number of nitro groups is 1. The first kappa shape index (κ1) is 19.4. The molecule has 2 rings (SSSR count). The number of hydrogen-bond donors (Lipinski definition) is 1. The molecule has 6 nitrogen and oxygen atoms in total. The third kappa shape index (κ3) is 5.53. The van der Waals surface area contributed by atoms with Crippen molar-refractivity contribution in [1.82, 2.24) is 10.2 Å². The lowest BCUT2D eigenvalue weighted by Gasteiger charge is -2.32. The first-order valence-corrected chi connectivity index (χ1v) is 9.12. The van der Waals surface area contributed by atoms with Crippen LogP contribution in [-0.4, -0.2) is 34.9 Å². The number of non-ortho nitro benzene ring substituents is 1. The Labute approximate surface area is 149 Å². The number of nitro benzene ring substituents is 1. The second-order valence-corrected chi connectivity index (χ2v) is 7.31. The molecule has 6 heteroatoms. The highest BCUT2D eigenvalue weighted by molar-refractivity contribution is 5.76. The Morgan fingerprint density at radius 3 is 2.36 bits per heavy atom. The van der Waals surface area contributed by atoms with Crippen LogP contribution in [0.15, 0.2) is 24.3 Å². The Bertz CT molecular complexity index is 580. The van der Waals surface area contributed by atoms with Gasteiger partial charge >= 0.3 is 0 Å². The van der Waals surface area contributed by atoms with Crippen LogP contribution in [0.1, 0.15) is 45.6 Å². The van der Waals surface area contributed by atoms with Crippen LogP contribution < -0.4 is 5.32 Å². The minimum atomic E-state index is -0.407. The molecule has 1 aromatic carbocycles. The molecular weight excluding hydrogens is 318 g/mol. The molecule has 0 aromatic heterocycles. The number of piperidine rings is 1. The summed E-state index contributed by atoms with van der Waals surface area (Å²) >= 11 is 0. The van der Waals surface area contributed by atoms with Gasteiger partial charge in [-0.2, -0.15) is 0 Å². The SMILES string of the molecule is CC(CC(=O)N(Cc1ccc([N+](=O)[O-])cc1)C(C)C)C1CCNCC1. The molecule has 1 unspecified atom stereocenters. The number of amides is 1. The van der Waals surface area contributed by atoms with Gasteiger partial charge in [0.25, 0.3) is 5.69 Å². The molecule has 0 spiro atoms. The van der Waals surface area contributed by atoms with Gasteiger partial charge in [0, 0.05) is 31.1 Å². The summed E-state index contributed by atoms with van der Waals surface area (Å²) < 4.78 is 0. The van der Waals surface area contributed by atoms with Gasteiger partial charge in [-0.25, -0.2) is 0 Å². The summed E-state index contributed by atoms with van der Waals surface area (Å²) in [5, 5.41) is 14.1. The highest BCUT2D eigenvalue weighted by Crippen LogP contribution is 2.26. The maximum atomic E-state index is 12.8. The molecule has 1 heterocycles. The monoisotopic (exact) mass is 347 g/mol. The number of rotatable bonds is 7. The fraction of sp³-hybridized carbons (Fsp3) is 0.632. The lowest BCUT2D eigenvalue weighted by atomic mass is 9.84. The molecule has 1 saturated heterocycles. The maximum absolute atomic E-state index is 12.8. The molecule has 138 valence electrons. The van der Waals surface area contributed by atoms with Crippen molar-refractivity contribution in [2.45, 2.75) is 52.6 Å². The molecule has 1 aliphatic rings. The van der Waals surface area contributed by atoms with Crippen LogP contribution in [0.2, 0.25) is 0 Å². The lowest BCUT2D eigenvalue weighted by molar-refractivity contribution is -0.384. The van der Waals surface area contributed by atoms with E-state index >= 15 is 0 Å². The van der Waals surface area contributed by atoms with Crippen LogP contribution in [0, 0.1) is 22.0 Å². The van der Waals surface area contributed by atoms with Crippen LogP contribution in [0.3, 0.4) is 0 Å². The van der Waals surface area contributed by atoms with E-state index < -0.39 is 4.92 Å². The van der Waals surface area contributed by atoms with E-state index in [4.69, 9.17) is 0 Å². The predicted octanol–water partition coefficient (Wildman–Crippen LogP) is 3.36. The molecule has 0 bridgehead atoms. The van der Waals surface area contributed by atoms with Gasteiger partial charge < -0.3 is 10.2 Å². The third-order valence-electron chi connectivity index (χ3n) is 5.13. The van der Waals surface area contributed by atoms with E-state index in [9.17, 15) is 14.9 Å². The summed E-state index contributed by atoms with van der Waals surface area (Å²) in [4.78, 5) is 25.0. The van der Waals surface area contributed by atoms with Crippen molar-refractivity contribution in [3.8, 4) is 0 Å². The first-order chi connectivity index (χ1) is 11.9. The largest absolute Gasteiger partial charge is 0.336 e. The minimum absolute atomic E-state index is 0.0747. The fourth-order valence-electron chi connectivity index (χ4n) is 3.45. The summed E-state index contributed by atoms with van der Waals surface area (Å²) in [5.74, 6) is 1.16. The van der Waals surface area contributed by atoms with Gasteiger partial charge in [-0.3, -0.25) is 14.9 Å². The number of carbonyl (C=O) groups is 1. The zero-order valence-electron chi connectivity index (χ0n) is 15.4. The van der Waals surface area contributed by atoms with Gasteiger partial charge in [-0.1, -0.05) is 19.1 Å². The Morgan fingerprint density at radius 1 is 1.24 bits per heavy atom. The molecule has 1 aliphatic heterocycles. The topological polar surface area (TPSA) is 75.5 Å². The average Bonchev–Trinajstić information content (AvgIpc) is 2.60. The normalized spacial score (nSPS) is 16.6. The highest BCUT2D eigenvalue weighted by atomic mass is 16.6. The molecular formula is C19H29N3O3. The van der Waals surface area contributed by atoms with E-state index in [0.717, 1.165) is 31.5 Å². The third-order valence-corrected chi connectivity index (χ3v) is 5.13. The van der Waals surface area contributed by atoms with Crippen LogP contribution in [0.4, 0.5) is 5.69 Å². The predicted molar refractivity (Wildman–Crippen MR) is 98.2 cm³/mol. The lowest BCUT2D eigenvalue weighted by Crippen LogP contribution is -2.39. The molecule has 1 atom stereocenters. The number of carbonyl (C=O) groups excluding carboxylic acids is 1. The van der Waals surface area contributed by atoms with E-state index in [1.807, 2.05) is 18.7 Å². The van der Waals surface area contributed by atoms with Crippen molar-refractivity contribution >= 4 is 11.6 Å². The van der Waals surface area contributed by atoms with Crippen LogP contribution >= 0.6 is 0 Å². The van der Waals surface area contributed by atoms with Crippen molar-refractivity contribution < 1.29 is 9.72 Å². The molecule has 0 radical (unpaired) electrons. The van der Waals surface area contributed by atoms with Crippen molar-refractivity contribution in [2.75, 3.05) is 13.1 Å². The van der Waals surface area contributed by atoms with Crippen LogP contribution in [0.25, 0.3) is 0 Å².